The molecular formula is C7H10F3N3. The first kappa shape index (κ1) is 11.8. The van der Waals surface area contributed by atoms with Crippen LogP contribution in [-0.4, -0.2) is 31.3 Å². The van der Waals surface area contributed by atoms with Gasteiger partial charge >= 0.3 is 6.18 Å². The highest BCUT2D eigenvalue weighted by molar-refractivity contribution is 6.06. The minimum absolute atomic E-state index is 0.0536. The SMILES string of the molecule is C=CC(CN)=NC(=NC)C(F)(F)F. The fraction of sp³-hybridized carbons (Fsp3) is 0.429. The number of hydrogen-bond donors (Lipinski definition) is 1. The quantitative estimate of drug-likeness (QED) is 0.519. The fourth-order valence-corrected chi connectivity index (χ4v) is 0.551. The van der Waals surface area contributed by atoms with E-state index < -0.39 is 12.0 Å². The Morgan fingerprint density at radius 3 is 2.31 bits per heavy atom. The van der Waals surface area contributed by atoms with Crippen molar-refractivity contribution >= 4 is 11.5 Å². The van der Waals surface area contributed by atoms with Crippen molar-refractivity contribution in [3.05, 3.63) is 12.7 Å². The van der Waals surface area contributed by atoms with Gasteiger partial charge < -0.3 is 5.73 Å². The van der Waals surface area contributed by atoms with E-state index in [0.29, 0.717) is 0 Å². The molecule has 0 unspecified atom stereocenters. The van der Waals surface area contributed by atoms with Gasteiger partial charge in [-0.1, -0.05) is 6.58 Å². The Kier molecular flexibility index (Phi) is 4.33. The molecule has 0 rings (SSSR count). The van der Waals surface area contributed by atoms with Gasteiger partial charge in [-0.05, 0) is 6.08 Å². The monoisotopic (exact) mass is 193 g/mol. The van der Waals surface area contributed by atoms with E-state index >= 15 is 0 Å². The first-order valence-corrected chi connectivity index (χ1v) is 3.39. The lowest BCUT2D eigenvalue weighted by atomic mass is 10.3. The van der Waals surface area contributed by atoms with E-state index in [1.165, 1.54) is 0 Å². The number of amidine groups is 1. The van der Waals surface area contributed by atoms with E-state index in [1.54, 1.807) is 0 Å². The molecule has 2 N–H and O–H groups in total. The number of rotatable bonds is 2. The molecular weight excluding hydrogens is 183 g/mol. The van der Waals surface area contributed by atoms with Crippen LogP contribution in [0.4, 0.5) is 13.2 Å². The molecule has 0 saturated carbocycles. The van der Waals surface area contributed by atoms with Gasteiger partial charge in [0.05, 0.1) is 5.71 Å². The van der Waals surface area contributed by atoms with Crippen molar-refractivity contribution in [1.29, 1.82) is 0 Å². The predicted molar refractivity (Wildman–Crippen MR) is 46.1 cm³/mol. The van der Waals surface area contributed by atoms with Gasteiger partial charge in [0.2, 0.25) is 5.84 Å². The highest BCUT2D eigenvalue weighted by Crippen LogP contribution is 2.17. The Labute approximate surface area is 73.9 Å². The minimum atomic E-state index is -4.54. The number of aliphatic imine (C=N–C) groups is 2. The van der Waals surface area contributed by atoms with E-state index in [4.69, 9.17) is 5.73 Å². The Bertz CT molecular complexity index is 240. The van der Waals surface area contributed by atoms with Crippen LogP contribution in [0.1, 0.15) is 0 Å². The highest BCUT2D eigenvalue weighted by Gasteiger charge is 2.35. The summed E-state index contributed by atoms with van der Waals surface area (Å²) in [6, 6.07) is 0. The third-order valence-electron chi connectivity index (χ3n) is 1.16. The molecule has 0 aromatic carbocycles. The number of halogens is 3. The number of hydrogen-bond acceptors (Lipinski definition) is 2. The molecule has 0 aromatic rings. The lowest BCUT2D eigenvalue weighted by Gasteiger charge is -2.05. The normalized spacial score (nSPS) is 14.5. The van der Waals surface area contributed by atoms with E-state index in [-0.39, 0.29) is 12.3 Å². The largest absolute Gasteiger partial charge is 0.451 e. The zero-order valence-electron chi connectivity index (χ0n) is 7.10. The third-order valence-corrected chi connectivity index (χ3v) is 1.16. The zero-order valence-corrected chi connectivity index (χ0v) is 7.10. The number of nitrogens with two attached hydrogens (primary N) is 1. The van der Waals surface area contributed by atoms with Gasteiger partial charge in [0.25, 0.3) is 0 Å². The number of alkyl halides is 3. The van der Waals surface area contributed by atoms with Crippen molar-refractivity contribution in [2.75, 3.05) is 13.6 Å². The molecule has 0 amide bonds. The zero-order chi connectivity index (χ0) is 10.5. The first-order chi connectivity index (χ1) is 5.95. The molecule has 0 atom stereocenters. The Hall–Kier alpha value is -1.17. The van der Waals surface area contributed by atoms with Crippen LogP contribution < -0.4 is 5.73 Å². The summed E-state index contributed by atoms with van der Waals surface area (Å²) in [5.41, 5.74) is 5.16. The lowest BCUT2D eigenvalue weighted by molar-refractivity contribution is -0.0597. The summed E-state index contributed by atoms with van der Waals surface area (Å²) in [6.07, 6.45) is -3.38. The van der Waals surface area contributed by atoms with E-state index in [9.17, 15) is 13.2 Å². The second-order valence-corrected chi connectivity index (χ2v) is 2.06. The summed E-state index contributed by atoms with van der Waals surface area (Å²) >= 11 is 0. The second-order valence-electron chi connectivity index (χ2n) is 2.06. The van der Waals surface area contributed by atoms with Crippen molar-refractivity contribution in [2.45, 2.75) is 6.18 Å². The second kappa shape index (κ2) is 4.76. The smallest absolute Gasteiger partial charge is 0.325 e. The van der Waals surface area contributed by atoms with Crippen LogP contribution in [0.3, 0.4) is 0 Å². The molecule has 74 valence electrons. The van der Waals surface area contributed by atoms with Gasteiger partial charge in [0.1, 0.15) is 0 Å². The van der Waals surface area contributed by atoms with Crippen LogP contribution in [0.5, 0.6) is 0 Å². The van der Waals surface area contributed by atoms with Crippen LogP contribution in [-0.2, 0) is 0 Å². The Balaban J connectivity index is 4.84. The average Bonchev–Trinajstić information content (AvgIpc) is 2.04. The van der Waals surface area contributed by atoms with Crippen LogP contribution in [0.15, 0.2) is 22.6 Å². The van der Waals surface area contributed by atoms with Crippen molar-refractivity contribution < 1.29 is 13.2 Å². The molecule has 0 aromatic heterocycles. The molecule has 0 aliphatic heterocycles. The summed E-state index contributed by atoms with van der Waals surface area (Å²) in [5, 5.41) is 0. The molecule has 3 nitrogen and oxygen atoms in total. The van der Waals surface area contributed by atoms with Crippen molar-refractivity contribution in [3.63, 3.8) is 0 Å². The van der Waals surface area contributed by atoms with Gasteiger partial charge in [0, 0.05) is 13.6 Å². The van der Waals surface area contributed by atoms with Crippen LogP contribution >= 0.6 is 0 Å². The number of nitrogens with zero attached hydrogens (tertiary/aromatic N) is 2. The van der Waals surface area contributed by atoms with Crippen LogP contribution in [0.25, 0.3) is 0 Å². The van der Waals surface area contributed by atoms with Gasteiger partial charge in [0.15, 0.2) is 0 Å². The summed E-state index contributed by atoms with van der Waals surface area (Å²) in [5.74, 6) is -1.20. The van der Waals surface area contributed by atoms with Crippen molar-refractivity contribution in [1.82, 2.24) is 0 Å². The first-order valence-electron chi connectivity index (χ1n) is 3.39. The van der Waals surface area contributed by atoms with Gasteiger partial charge in [-0.25, -0.2) is 4.99 Å². The van der Waals surface area contributed by atoms with Gasteiger partial charge in [-0.3, -0.25) is 4.99 Å². The van der Waals surface area contributed by atoms with E-state index in [2.05, 4.69) is 16.6 Å². The van der Waals surface area contributed by atoms with Crippen LogP contribution in [0.2, 0.25) is 0 Å². The minimum Gasteiger partial charge on any atom is -0.325 e. The van der Waals surface area contributed by atoms with Crippen molar-refractivity contribution in [3.8, 4) is 0 Å². The fourth-order valence-electron chi connectivity index (χ4n) is 0.551. The van der Waals surface area contributed by atoms with E-state index in [1.807, 2.05) is 0 Å². The molecule has 6 heteroatoms. The lowest BCUT2D eigenvalue weighted by Crippen LogP contribution is -2.24. The molecule has 0 radical (unpaired) electrons. The topological polar surface area (TPSA) is 50.7 Å². The molecule has 0 fully saturated rings. The van der Waals surface area contributed by atoms with Gasteiger partial charge in [-0.2, -0.15) is 13.2 Å². The van der Waals surface area contributed by atoms with Crippen molar-refractivity contribution in [2.24, 2.45) is 15.7 Å². The summed E-state index contributed by atoms with van der Waals surface area (Å²) in [6.45, 7) is 3.17. The molecule has 0 saturated heterocycles. The maximum Gasteiger partial charge on any atom is 0.451 e. The standard InChI is InChI=1S/C7H10F3N3/c1-3-5(4-11)13-6(12-2)7(8,9)10/h3H,1,4,11H2,2H3. The Morgan fingerprint density at radius 2 is 2.08 bits per heavy atom. The maximum absolute atomic E-state index is 12.0. The average molecular weight is 193 g/mol. The summed E-state index contributed by atoms with van der Waals surface area (Å²) in [7, 11) is 1.02. The molecule has 0 aliphatic carbocycles. The summed E-state index contributed by atoms with van der Waals surface area (Å²) < 4.78 is 36.1. The predicted octanol–water partition coefficient (Wildman–Crippen LogP) is 1.16. The van der Waals surface area contributed by atoms with Crippen LogP contribution in [0, 0.1) is 0 Å². The third kappa shape index (κ3) is 3.84. The maximum atomic E-state index is 12.0. The Morgan fingerprint density at radius 1 is 1.54 bits per heavy atom. The molecule has 0 bridgehead atoms. The molecule has 0 heterocycles. The summed E-state index contributed by atoms with van der Waals surface area (Å²) in [4.78, 5) is 6.20. The van der Waals surface area contributed by atoms with E-state index in [0.717, 1.165) is 13.1 Å². The molecule has 0 spiro atoms. The van der Waals surface area contributed by atoms with Gasteiger partial charge in [-0.15, -0.1) is 0 Å². The molecule has 0 aliphatic rings. The highest BCUT2D eigenvalue weighted by atomic mass is 19.4. The molecule has 13 heavy (non-hydrogen) atoms.